The average molecular weight is 503 g/mol. The minimum atomic E-state index is -0.232. The SMILES string of the molecule is CCC(CCN)Nc1ncnc(N)c1C(=N)c1ccc(NC(=O)c2cc3c(n2C)CCC=C3)c(OC)c1. The molecule has 0 aliphatic heterocycles. The molecule has 10 heteroatoms. The van der Waals surface area contributed by atoms with Crippen molar-refractivity contribution < 1.29 is 9.53 Å². The van der Waals surface area contributed by atoms with E-state index < -0.39 is 0 Å². The number of aromatic nitrogens is 3. The van der Waals surface area contributed by atoms with Gasteiger partial charge in [0, 0.05) is 24.3 Å². The maximum Gasteiger partial charge on any atom is 0.272 e. The predicted octanol–water partition coefficient (Wildman–Crippen LogP) is 3.57. The third kappa shape index (κ3) is 5.34. The summed E-state index contributed by atoms with van der Waals surface area (Å²) >= 11 is 0. The van der Waals surface area contributed by atoms with E-state index in [-0.39, 0.29) is 23.5 Å². The monoisotopic (exact) mass is 502 g/mol. The molecular formula is C27H34N8O2. The third-order valence-corrected chi connectivity index (χ3v) is 6.68. The van der Waals surface area contributed by atoms with Gasteiger partial charge in [-0.25, -0.2) is 9.97 Å². The average Bonchev–Trinajstić information content (AvgIpc) is 3.25. The Morgan fingerprint density at radius 1 is 1.30 bits per heavy atom. The van der Waals surface area contributed by atoms with E-state index in [0.29, 0.717) is 40.6 Å². The van der Waals surface area contributed by atoms with E-state index in [4.69, 9.17) is 21.6 Å². The highest BCUT2D eigenvalue weighted by Crippen LogP contribution is 2.30. The number of rotatable bonds is 10. The van der Waals surface area contributed by atoms with Crippen molar-refractivity contribution in [1.29, 1.82) is 5.41 Å². The minimum absolute atomic E-state index is 0.0941. The van der Waals surface area contributed by atoms with Crippen LogP contribution >= 0.6 is 0 Å². The van der Waals surface area contributed by atoms with E-state index in [1.807, 2.05) is 17.7 Å². The van der Waals surface area contributed by atoms with Gasteiger partial charge in [0.25, 0.3) is 5.91 Å². The van der Waals surface area contributed by atoms with Crippen LogP contribution in [0.5, 0.6) is 5.75 Å². The fraction of sp³-hybridized carbons (Fsp3) is 0.333. The molecular weight excluding hydrogens is 468 g/mol. The summed E-state index contributed by atoms with van der Waals surface area (Å²) in [5.41, 5.74) is 16.3. The van der Waals surface area contributed by atoms with Gasteiger partial charge < -0.3 is 31.4 Å². The number of hydrogen-bond donors (Lipinski definition) is 5. The van der Waals surface area contributed by atoms with E-state index in [0.717, 1.165) is 36.9 Å². The van der Waals surface area contributed by atoms with Crippen molar-refractivity contribution in [2.75, 3.05) is 30.0 Å². The van der Waals surface area contributed by atoms with Gasteiger partial charge in [-0.05, 0) is 56.0 Å². The Bertz CT molecular complexity index is 1340. The molecule has 1 unspecified atom stereocenters. The number of methoxy groups -OCH3 is 1. The zero-order chi connectivity index (χ0) is 26.5. The molecule has 0 bridgehead atoms. The van der Waals surface area contributed by atoms with Crippen LogP contribution in [0.4, 0.5) is 17.3 Å². The Balaban J connectivity index is 1.60. The number of fused-ring (bicyclic) bond motifs is 1. The van der Waals surface area contributed by atoms with E-state index in [9.17, 15) is 4.79 Å². The maximum absolute atomic E-state index is 13.1. The van der Waals surface area contributed by atoms with Crippen LogP contribution in [0.3, 0.4) is 0 Å². The van der Waals surface area contributed by atoms with Crippen molar-refractivity contribution in [1.82, 2.24) is 14.5 Å². The fourth-order valence-corrected chi connectivity index (χ4v) is 4.58. The number of carbonyl (C=O) groups excluding carboxylic acids is 1. The number of allylic oxidation sites excluding steroid dienone is 1. The number of carbonyl (C=O) groups is 1. The molecule has 2 aromatic heterocycles. The Hall–Kier alpha value is -4.18. The number of anilines is 3. The molecule has 10 nitrogen and oxygen atoms in total. The summed E-state index contributed by atoms with van der Waals surface area (Å²) in [7, 11) is 3.43. The van der Waals surface area contributed by atoms with Gasteiger partial charge in [0.1, 0.15) is 29.4 Å². The second-order valence-corrected chi connectivity index (χ2v) is 8.99. The molecule has 0 radical (unpaired) electrons. The first-order valence-corrected chi connectivity index (χ1v) is 12.4. The van der Waals surface area contributed by atoms with Crippen molar-refractivity contribution in [3.8, 4) is 5.75 Å². The minimum Gasteiger partial charge on any atom is -0.495 e. The summed E-state index contributed by atoms with van der Waals surface area (Å²) in [6.07, 6.45) is 9.02. The molecule has 3 aromatic rings. The molecule has 1 aliphatic rings. The number of nitrogens with one attached hydrogen (secondary N) is 3. The fourth-order valence-electron chi connectivity index (χ4n) is 4.58. The second-order valence-electron chi connectivity index (χ2n) is 8.99. The molecule has 0 saturated heterocycles. The number of ether oxygens (including phenoxy) is 1. The Morgan fingerprint density at radius 2 is 2.11 bits per heavy atom. The molecule has 37 heavy (non-hydrogen) atoms. The van der Waals surface area contributed by atoms with Crippen LogP contribution in [0.1, 0.15) is 59.1 Å². The van der Waals surface area contributed by atoms with Crippen LogP contribution in [-0.4, -0.2) is 45.9 Å². The zero-order valence-electron chi connectivity index (χ0n) is 21.5. The standard InChI is InChI=1S/C27H34N8O2/c1-4-18(11-12-28)33-26-23(25(30)31-15-32-26)24(29)17-9-10-19(22(14-17)37-3)34-27(36)21-13-16-7-5-6-8-20(16)35(21)2/h5,7,9-10,13-15,18,29H,4,6,8,11-12,28H2,1-3H3,(H,34,36)(H3,30,31,32,33). The normalized spacial score (nSPS) is 13.1. The van der Waals surface area contributed by atoms with Crippen molar-refractivity contribution >= 4 is 35.0 Å². The highest BCUT2D eigenvalue weighted by Gasteiger charge is 2.22. The first kappa shape index (κ1) is 25.9. The van der Waals surface area contributed by atoms with Gasteiger partial charge in [0.05, 0.1) is 24.1 Å². The van der Waals surface area contributed by atoms with E-state index in [1.54, 1.807) is 18.2 Å². The first-order chi connectivity index (χ1) is 17.9. The van der Waals surface area contributed by atoms with Crippen LogP contribution in [0.2, 0.25) is 0 Å². The Morgan fingerprint density at radius 3 is 2.81 bits per heavy atom. The molecule has 1 aromatic carbocycles. The number of nitrogens with zero attached hydrogens (tertiary/aromatic N) is 3. The van der Waals surface area contributed by atoms with Gasteiger partial charge in [-0.2, -0.15) is 0 Å². The molecule has 1 amide bonds. The van der Waals surface area contributed by atoms with Crippen molar-refractivity contribution in [2.45, 2.75) is 38.6 Å². The van der Waals surface area contributed by atoms with Crippen LogP contribution in [-0.2, 0) is 13.5 Å². The number of hydrogen-bond acceptors (Lipinski definition) is 8. The summed E-state index contributed by atoms with van der Waals surface area (Å²) in [5.74, 6) is 0.872. The van der Waals surface area contributed by atoms with Crippen molar-refractivity contribution in [3.05, 3.63) is 64.7 Å². The molecule has 2 heterocycles. The highest BCUT2D eigenvalue weighted by atomic mass is 16.5. The number of benzene rings is 1. The largest absolute Gasteiger partial charge is 0.495 e. The smallest absolute Gasteiger partial charge is 0.272 e. The van der Waals surface area contributed by atoms with Gasteiger partial charge in [0.15, 0.2) is 0 Å². The lowest BCUT2D eigenvalue weighted by Crippen LogP contribution is -2.25. The summed E-state index contributed by atoms with van der Waals surface area (Å²) < 4.78 is 7.51. The molecule has 1 aliphatic carbocycles. The van der Waals surface area contributed by atoms with Crippen LogP contribution in [0, 0.1) is 5.41 Å². The first-order valence-electron chi connectivity index (χ1n) is 12.4. The zero-order valence-corrected chi connectivity index (χ0v) is 21.5. The third-order valence-electron chi connectivity index (χ3n) is 6.68. The summed E-state index contributed by atoms with van der Waals surface area (Å²) in [4.78, 5) is 21.6. The van der Waals surface area contributed by atoms with Crippen LogP contribution in [0.15, 0.2) is 36.7 Å². The van der Waals surface area contributed by atoms with Gasteiger partial charge in [0.2, 0.25) is 0 Å². The lowest BCUT2D eigenvalue weighted by molar-refractivity contribution is 0.101. The predicted molar refractivity (Wildman–Crippen MR) is 147 cm³/mol. The van der Waals surface area contributed by atoms with Crippen LogP contribution in [0.25, 0.3) is 6.08 Å². The quantitative estimate of drug-likeness (QED) is 0.265. The highest BCUT2D eigenvalue weighted by molar-refractivity contribution is 6.16. The van der Waals surface area contributed by atoms with Gasteiger partial charge in [-0.3, -0.25) is 10.2 Å². The van der Waals surface area contributed by atoms with E-state index in [2.05, 4.69) is 39.7 Å². The van der Waals surface area contributed by atoms with Crippen molar-refractivity contribution in [2.24, 2.45) is 12.8 Å². The molecule has 0 spiro atoms. The lowest BCUT2D eigenvalue weighted by Gasteiger charge is -2.20. The lowest BCUT2D eigenvalue weighted by atomic mass is 10.0. The summed E-state index contributed by atoms with van der Waals surface area (Å²) in [6.45, 7) is 2.59. The number of amides is 1. The Kier molecular flexibility index (Phi) is 7.88. The molecule has 0 fully saturated rings. The summed E-state index contributed by atoms with van der Waals surface area (Å²) in [5, 5.41) is 15.2. The Labute approximate surface area is 216 Å². The number of nitrogens with two attached hydrogens (primary N) is 2. The molecule has 7 N–H and O–H groups in total. The summed E-state index contributed by atoms with van der Waals surface area (Å²) in [6, 6.07) is 7.16. The molecule has 4 rings (SSSR count). The maximum atomic E-state index is 13.1. The van der Waals surface area contributed by atoms with E-state index in [1.165, 1.54) is 13.4 Å². The van der Waals surface area contributed by atoms with E-state index >= 15 is 0 Å². The molecule has 0 saturated carbocycles. The molecule has 1 atom stereocenters. The van der Waals surface area contributed by atoms with Gasteiger partial charge >= 0.3 is 0 Å². The molecule has 194 valence electrons. The topological polar surface area (TPSA) is 157 Å². The van der Waals surface area contributed by atoms with Crippen molar-refractivity contribution in [3.63, 3.8) is 0 Å². The van der Waals surface area contributed by atoms with Gasteiger partial charge in [-0.1, -0.05) is 25.1 Å². The second kappa shape index (κ2) is 11.3. The number of nitrogen functional groups attached to an aromatic ring is 1. The van der Waals surface area contributed by atoms with Crippen LogP contribution < -0.4 is 26.8 Å². The van der Waals surface area contributed by atoms with Gasteiger partial charge in [-0.15, -0.1) is 0 Å².